The van der Waals surface area contributed by atoms with Crippen LogP contribution in [0.1, 0.15) is 6.23 Å². The fraction of sp³-hybridized carbons (Fsp3) is 0.600. The van der Waals surface area contributed by atoms with Gasteiger partial charge in [-0.25, -0.2) is 4.79 Å². The molecule has 3 rings (SSSR count). The highest BCUT2D eigenvalue weighted by atomic mass is 32.2. The molecule has 18 heavy (non-hydrogen) atoms. The van der Waals surface area contributed by atoms with E-state index in [0.29, 0.717) is 5.75 Å². The van der Waals surface area contributed by atoms with E-state index in [1.165, 1.54) is 28.6 Å². The van der Waals surface area contributed by atoms with Gasteiger partial charge in [-0.3, -0.25) is 14.3 Å². The van der Waals surface area contributed by atoms with Crippen molar-refractivity contribution in [1.82, 2.24) is 9.55 Å². The number of aliphatic hydroxyl groups is 2. The zero-order valence-corrected chi connectivity index (χ0v) is 10.1. The van der Waals surface area contributed by atoms with Crippen molar-refractivity contribution in [2.24, 2.45) is 0 Å². The lowest BCUT2D eigenvalue weighted by atomic mass is 10.0. The van der Waals surface area contributed by atoms with Gasteiger partial charge >= 0.3 is 5.69 Å². The predicted molar refractivity (Wildman–Crippen MR) is 63.5 cm³/mol. The third-order valence-electron chi connectivity index (χ3n) is 3.40. The van der Waals surface area contributed by atoms with Gasteiger partial charge in [0, 0.05) is 18.0 Å². The number of thioether (sulfide) groups is 1. The predicted octanol–water partition coefficient (Wildman–Crippen LogP) is -1.73. The summed E-state index contributed by atoms with van der Waals surface area (Å²) in [5.74, 6) is 0.490. The minimum atomic E-state index is -1.00. The Morgan fingerprint density at radius 2 is 2.39 bits per heavy atom. The van der Waals surface area contributed by atoms with Gasteiger partial charge in [-0.2, -0.15) is 0 Å². The first kappa shape index (κ1) is 12.0. The van der Waals surface area contributed by atoms with Crippen molar-refractivity contribution >= 4 is 11.8 Å². The maximum absolute atomic E-state index is 11.7. The van der Waals surface area contributed by atoms with Crippen molar-refractivity contribution in [2.75, 3.05) is 12.4 Å². The fourth-order valence-electron chi connectivity index (χ4n) is 2.38. The van der Waals surface area contributed by atoms with Gasteiger partial charge in [-0.15, -0.1) is 11.8 Å². The number of fused-ring (bicyclic) bond motifs is 2. The van der Waals surface area contributed by atoms with Crippen LogP contribution in [-0.4, -0.2) is 49.1 Å². The molecule has 2 bridgehead atoms. The second-order valence-electron chi connectivity index (χ2n) is 4.47. The van der Waals surface area contributed by atoms with Gasteiger partial charge in [0.05, 0.1) is 11.9 Å². The molecule has 8 heteroatoms. The van der Waals surface area contributed by atoms with E-state index >= 15 is 0 Å². The monoisotopic (exact) mass is 272 g/mol. The Balaban J connectivity index is 2.01. The van der Waals surface area contributed by atoms with Gasteiger partial charge < -0.3 is 14.9 Å². The van der Waals surface area contributed by atoms with Crippen LogP contribution >= 0.6 is 11.8 Å². The van der Waals surface area contributed by atoms with Gasteiger partial charge in [0.25, 0.3) is 5.56 Å². The Morgan fingerprint density at radius 3 is 3.00 bits per heavy atom. The Morgan fingerprint density at radius 1 is 1.61 bits per heavy atom. The standard InChI is InChI=1S/C10H12N2O5S/c13-3-10-4-18-6(7(10)15)8(17-10)12-2-1-5(14)11-9(12)16/h1-2,6-8,13,15H,3-4H2,(H,11,14,16)/t6-,7+,8?,10+/m1/s1. The van der Waals surface area contributed by atoms with Crippen LogP contribution in [0.15, 0.2) is 21.9 Å². The molecule has 0 aliphatic carbocycles. The number of aliphatic hydroxyl groups excluding tert-OH is 2. The molecule has 0 aromatic carbocycles. The molecule has 3 heterocycles. The average molecular weight is 272 g/mol. The van der Waals surface area contributed by atoms with Crippen LogP contribution in [0.3, 0.4) is 0 Å². The van der Waals surface area contributed by atoms with E-state index in [-0.39, 0.29) is 11.9 Å². The molecule has 2 saturated heterocycles. The highest BCUT2D eigenvalue weighted by molar-refractivity contribution is 8.00. The van der Waals surface area contributed by atoms with E-state index in [1.54, 1.807) is 0 Å². The van der Waals surface area contributed by atoms with Gasteiger partial charge in [-0.05, 0) is 0 Å². The highest BCUT2D eigenvalue weighted by Gasteiger charge is 2.60. The normalized spacial score (nSPS) is 38.2. The van der Waals surface area contributed by atoms with Crippen LogP contribution in [0.5, 0.6) is 0 Å². The molecule has 2 fully saturated rings. The molecule has 2 aliphatic heterocycles. The summed E-state index contributed by atoms with van der Waals surface area (Å²) in [6.45, 7) is -0.299. The molecule has 4 atom stereocenters. The molecule has 3 N–H and O–H groups in total. The third kappa shape index (κ3) is 1.50. The maximum atomic E-state index is 11.7. The summed E-state index contributed by atoms with van der Waals surface area (Å²) < 4.78 is 6.87. The highest BCUT2D eigenvalue weighted by Crippen LogP contribution is 2.51. The average Bonchev–Trinajstić information content (AvgIpc) is 2.81. The molecule has 0 spiro atoms. The molecule has 1 aromatic rings. The molecular weight excluding hydrogens is 260 g/mol. The number of hydrogen-bond donors (Lipinski definition) is 3. The van der Waals surface area contributed by atoms with E-state index in [9.17, 15) is 19.8 Å². The van der Waals surface area contributed by atoms with Crippen molar-refractivity contribution in [2.45, 2.75) is 23.2 Å². The van der Waals surface area contributed by atoms with Crippen molar-refractivity contribution in [3.05, 3.63) is 33.1 Å². The topological polar surface area (TPSA) is 105 Å². The van der Waals surface area contributed by atoms with E-state index in [2.05, 4.69) is 4.98 Å². The van der Waals surface area contributed by atoms with Crippen LogP contribution in [0, 0.1) is 0 Å². The summed E-state index contributed by atoms with van der Waals surface area (Å²) in [6, 6.07) is 1.22. The zero-order chi connectivity index (χ0) is 12.9. The minimum absolute atomic E-state index is 0.299. The van der Waals surface area contributed by atoms with Gasteiger partial charge in [0.1, 0.15) is 11.7 Å². The molecule has 2 aliphatic rings. The molecular formula is C10H12N2O5S. The Labute approximate surface area is 105 Å². The smallest absolute Gasteiger partial charge is 0.330 e. The number of hydrogen-bond acceptors (Lipinski definition) is 6. The number of H-pyrrole nitrogens is 1. The van der Waals surface area contributed by atoms with Crippen molar-refractivity contribution in [1.29, 1.82) is 0 Å². The Kier molecular flexibility index (Phi) is 2.63. The number of ether oxygens (including phenoxy) is 1. The van der Waals surface area contributed by atoms with E-state index in [4.69, 9.17) is 4.74 Å². The summed E-state index contributed by atoms with van der Waals surface area (Å²) >= 11 is 1.45. The first-order valence-corrected chi connectivity index (χ1v) is 6.52. The zero-order valence-electron chi connectivity index (χ0n) is 9.28. The lowest BCUT2D eigenvalue weighted by Gasteiger charge is -2.29. The summed E-state index contributed by atoms with van der Waals surface area (Å²) in [7, 11) is 0. The molecule has 7 nitrogen and oxygen atoms in total. The summed E-state index contributed by atoms with van der Waals surface area (Å²) in [6.07, 6.45) is -0.156. The molecule has 98 valence electrons. The first-order valence-electron chi connectivity index (χ1n) is 5.47. The maximum Gasteiger partial charge on any atom is 0.330 e. The van der Waals surface area contributed by atoms with E-state index < -0.39 is 29.2 Å². The number of nitrogens with zero attached hydrogens (tertiary/aromatic N) is 1. The largest absolute Gasteiger partial charge is 0.393 e. The number of nitrogens with one attached hydrogen (secondary N) is 1. The molecule has 0 saturated carbocycles. The fourth-order valence-corrected chi connectivity index (χ4v) is 3.97. The summed E-state index contributed by atoms with van der Waals surface area (Å²) in [5.41, 5.74) is -2.07. The van der Waals surface area contributed by atoms with E-state index in [1.807, 2.05) is 0 Å². The number of aromatic amines is 1. The molecule has 0 radical (unpaired) electrons. The minimum Gasteiger partial charge on any atom is -0.393 e. The SMILES string of the molecule is O=c1ccn(C2O[C@@]3(CO)CS[C@@H]2[C@@H]3O)c(=O)[nH]1. The van der Waals surface area contributed by atoms with Crippen molar-refractivity contribution < 1.29 is 14.9 Å². The Hall–Kier alpha value is -1.09. The molecule has 1 aromatic heterocycles. The lowest BCUT2D eigenvalue weighted by Crippen LogP contribution is -2.43. The van der Waals surface area contributed by atoms with Gasteiger partial charge in [0.15, 0.2) is 6.23 Å². The van der Waals surface area contributed by atoms with Crippen LogP contribution in [0.2, 0.25) is 0 Å². The summed E-state index contributed by atoms with van der Waals surface area (Å²) in [4.78, 5) is 24.8. The second kappa shape index (κ2) is 3.95. The van der Waals surface area contributed by atoms with Crippen LogP contribution in [0.4, 0.5) is 0 Å². The Bertz CT molecular complexity index is 584. The van der Waals surface area contributed by atoms with Crippen molar-refractivity contribution in [3.63, 3.8) is 0 Å². The number of rotatable bonds is 2. The lowest BCUT2D eigenvalue weighted by molar-refractivity contribution is -0.114. The third-order valence-corrected chi connectivity index (χ3v) is 4.93. The van der Waals surface area contributed by atoms with Crippen LogP contribution in [-0.2, 0) is 4.74 Å². The molecule has 1 unspecified atom stereocenters. The quantitative estimate of drug-likeness (QED) is 0.591. The number of aromatic nitrogens is 2. The van der Waals surface area contributed by atoms with Crippen LogP contribution < -0.4 is 11.2 Å². The second-order valence-corrected chi connectivity index (χ2v) is 5.64. The first-order chi connectivity index (χ1) is 8.57. The van der Waals surface area contributed by atoms with Gasteiger partial charge in [-0.1, -0.05) is 0 Å². The van der Waals surface area contributed by atoms with Crippen LogP contribution in [0.25, 0.3) is 0 Å². The van der Waals surface area contributed by atoms with E-state index in [0.717, 1.165) is 0 Å². The molecule has 0 amide bonds. The van der Waals surface area contributed by atoms with Gasteiger partial charge in [0.2, 0.25) is 0 Å². The summed E-state index contributed by atoms with van der Waals surface area (Å²) in [5, 5.41) is 19.1. The van der Waals surface area contributed by atoms with Crippen molar-refractivity contribution in [3.8, 4) is 0 Å².